The zero-order chi connectivity index (χ0) is 24.3. The van der Waals surface area contributed by atoms with Gasteiger partial charge in [-0.25, -0.2) is 0 Å². The van der Waals surface area contributed by atoms with Crippen LogP contribution in [0, 0.1) is 0 Å². The fraction of sp³-hybridized carbons (Fsp3) is 0.310. The second-order valence-electron chi connectivity index (χ2n) is 8.62. The molecule has 0 saturated carbocycles. The van der Waals surface area contributed by atoms with Crippen LogP contribution in [0.2, 0.25) is 5.02 Å². The predicted molar refractivity (Wildman–Crippen MR) is 139 cm³/mol. The maximum Gasteiger partial charge on any atom is 0.243 e. The maximum atomic E-state index is 13.6. The van der Waals surface area contributed by atoms with Gasteiger partial charge in [0.1, 0.15) is 6.04 Å². The Balaban J connectivity index is 1.92. The van der Waals surface area contributed by atoms with Crippen molar-refractivity contribution in [1.29, 1.82) is 0 Å². The van der Waals surface area contributed by atoms with E-state index in [-0.39, 0.29) is 24.4 Å². The minimum atomic E-state index is -0.643. The number of aryl methyl sites for hydroxylation is 1. The molecule has 2 atom stereocenters. The summed E-state index contributed by atoms with van der Waals surface area (Å²) in [5, 5.41) is 3.68. The van der Waals surface area contributed by atoms with Gasteiger partial charge in [-0.3, -0.25) is 9.59 Å². The molecule has 4 nitrogen and oxygen atoms in total. The van der Waals surface area contributed by atoms with Gasteiger partial charge in [-0.1, -0.05) is 97.4 Å². The fourth-order valence-corrected chi connectivity index (χ4v) is 4.04. The van der Waals surface area contributed by atoms with Gasteiger partial charge >= 0.3 is 0 Å². The molecule has 0 aromatic heterocycles. The first-order valence-electron chi connectivity index (χ1n) is 11.9. The monoisotopic (exact) mass is 476 g/mol. The Morgan fingerprint density at radius 1 is 0.882 bits per heavy atom. The van der Waals surface area contributed by atoms with E-state index in [1.54, 1.807) is 4.90 Å². The summed E-state index contributed by atoms with van der Waals surface area (Å²) in [6, 6.07) is 26.6. The van der Waals surface area contributed by atoms with E-state index < -0.39 is 6.04 Å². The van der Waals surface area contributed by atoms with Crippen molar-refractivity contribution in [1.82, 2.24) is 10.2 Å². The molecular formula is C29H33ClN2O2. The van der Waals surface area contributed by atoms with Crippen LogP contribution in [-0.4, -0.2) is 28.8 Å². The van der Waals surface area contributed by atoms with Gasteiger partial charge < -0.3 is 10.2 Å². The van der Waals surface area contributed by atoms with Crippen molar-refractivity contribution in [2.24, 2.45) is 0 Å². The van der Waals surface area contributed by atoms with Crippen molar-refractivity contribution in [3.8, 4) is 0 Å². The van der Waals surface area contributed by atoms with E-state index in [4.69, 9.17) is 11.6 Å². The second-order valence-corrected chi connectivity index (χ2v) is 9.03. The van der Waals surface area contributed by atoms with Crippen LogP contribution in [0.4, 0.5) is 0 Å². The molecular weight excluding hydrogens is 444 g/mol. The van der Waals surface area contributed by atoms with E-state index in [1.165, 1.54) is 0 Å². The normalized spacial score (nSPS) is 12.6. The number of rotatable bonds is 11. The number of benzene rings is 3. The molecule has 5 heteroatoms. The van der Waals surface area contributed by atoms with Gasteiger partial charge in [-0.2, -0.15) is 0 Å². The van der Waals surface area contributed by atoms with Crippen LogP contribution in [0.25, 0.3) is 0 Å². The summed E-state index contributed by atoms with van der Waals surface area (Å²) in [6.07, 6.45) is 2.18. The summed E-state index contributed by atoms with van der Waals surface area (Å²) in [4.78, 5) is 28.8. The molecule has 34 heavy (non-hydrogen) atoms. The molecule has 1 N–H and O–H groups in total. The molecule has 3 rings (SSSR count). The van der Waals surface area contributed by atoms with Crippen LogP contribution < -0.4 is 5.32 Å². The Bertz CT molecular complexity index is 1060. The van der Waals surface area contributed by atoms with Crippen molar-refractivity contribution >= 4 is 23.4 Å². The third-order valence-corrected chi connectivity index (χ3v) is 6.41. The average Bonchev–Trinajstić information content (AvgIpc) is 2.86. The van der Waals surface area contributed by atoms with Crippen LogP contribution in [0.1, 0.15) is 43.4 Å². The number of amides is 2. The smallest absolute Gasteiger partial charge is 0.243 e. The Morgan fingerprint density at radius 3 is 2.09 bits per heavy atom. The molecule has 178 valence electrons. The second kappa shape index (κ2) is 13.0. The molecule has 0 aliphatic carbocycles. The summed E-state index contributed by atoms with van der Waals surface area (Å²) in [7, 11) is 0. The highest BCUT2D eigenvalue weighted by Gasteiger charge is 2.31. The highest BCUT2D eigenvalue weighted by atomic mass is 35.5. The van der Waals surface area contributed by atoms with Crippen molar-refractivity contribution < 1.29 is 9.59 Å². The van der Waals surface area contributed by atoms with E-state index in [9.17, 15) is 9.59 Å². The number of nitrogens with zero attached hydrogens (tertiary/aromatic N) is 1. The lowest BCUT2D eigenvalue weighted by molar-refractivity contribution is -0.141. The number of carbonyl (C=O) groups is 2. The molecule has 0 aliphatic heterocycles. The lowest BCUT2D eigenvalue weighted by Gasteiger charge is -2.32. The standard InChI is InChI=1S/C29H33ClN2O2/c1-3-22(2)31-29(34)27(20-24-14-8-5-9-15-24)32(21-25-16-10-11-17-26(25)30)28(33)19-18-23-12-6-4-7-13-23/h4-17,22,27H,3,18-21H2,1-2H3,(H,31,34). The van der Waals surface area contributed by atoms with E-state index in [0.29, 0.717) is 24.3 Å². The Labute approximate surface area is 207 Å². The summed E-state index contributed by atoms with van der Waals surface area (Å²) >= 11 is 6.46. The lowest BCUT2D eigenvalue weighted by atomic mass is 10.0. The maximum absolute atomic E-state index is 13.6. The molecule has 2 unspecified atom stereocenters. The van der Waals surface area contributed by atoms with Crippen LogP contribution in [-0.2, 0) is 29.0 Å². The Kier molecular flexibility index (Phi) is 9.72. The minimum absolute atomic E-state index is 0.0207. The topological polar surface area (TPSA) is 49.4 Å². The van der Waals surface area contributed by atoms with E-state index >= 15 is 0 Å². The summed E-state index contributed by atoms with van der Waals surface area (Å²) in [5.41, 5.74) is 2.93. The van der Waals surface area contributed by atoms with Crippen LogP contribution in [0.3, 0.4) is 0 Å². The molecule has 0 aliphatic rings. The zero-order valence-electron chi connectivity index (χ0n) is 19.9. The molecule has 0 spiro atoms. The molecule has 0 saturated heterocycles. The lowest BCUT2D eigenvalue weighted by Crippen LogP contribution is -2.52. The van der Waals surface area contributed by atoms with Crippen molar-refractivity contribution in [3.63, 3.8) is 0 Å². The molecule has 0 fully saturated rings. The largest absolute Gasteiger partial charge is 0.352 e. The molecule has 2 amide bonds. The average molecular weight is 477 g/mol. The first-order chi connectivity index (χ1) is 16.5. The van der Waals surface area contributed by atoms with Gasteiger partial charge in [0.15, 0.2) is 0 Å². The van der Waals surface area contributed by atoms with Gasteiger partial charge in [0.25, 0.3) is 0 Å². The van der Waals surface area contributed by atoms with Crippen molar-refractivity contribution in [2.45, 2.75) is 58.2 Å². The fourth-order valence-electron chi connectivity index (χ4n) is 3.84. The quantitative estimate of drug-likeness (QED) is 0.378. The first kappa shape index (κ1) is 25.5. The molecule has 0 radical (unpaired) electrons. The Hall–Kier alpha value is -3.11. The van der Waals surface area contributed by atoms with E-state index in [2.05, 4.69) is 5.32 Å². The third kappa shape index (κ3) is 7.46. The number of nitrogens with one attached hydrogen (secondary N) is 1. The highest BCUT2D eigenvalue weighted by molar-refractivity contribution is 6.31. The summed E-state index contributed by atoms with van der Waals surface area (Å²) < 4.78 is 0. The molecule has 3 aromatic rings. The number of hydrogen-bond acceptors (Lipinski definition) is 2. The van der Waals surface area contributed by atoms with Gasteiger partial charge in [0.05, 0.1) is 0 Å². The van der Waals surface area contributed by atoms with E-state index in [0.717, 1.165) is 23.1 Å². The number of carbonyl (C=O) groups excluding carboxylic acids is 2. The van der Waals surface area contributed by atoms with Gasteiger partial charge in [0.2, 0.25) is 11.8 Å². The van der Waals surface area contributed by atoms with Gasteiger partial charge in [-0.15, -0.1) is 0 Å². The molecule has 3 aromatic carbocycles. The van der Waals surface area contributed by atoms with Crippen LogP contribution >= 0.6 is 11.6 Å². The minimum Gasteiger partial charge on any atom is -0.352 e. The number of halogens is 1. The first-order valence-corrected chi connectivity index (χ1v) is 12.3. The molecule has 0 bridgehead atoms. The van der Waals surface area contributed by atoms with Crippen molar-refractivity contribution in [2.75, 3.05) is 0 Å². The summed E-state index contributed by atoms with van der Waals surface area (Å²) in [5.74, 6) is -0.206. The van der Waals surface area contributed by atoms with Gasteiger partial charge in [-0.05, 0) is 42.5 Å². The molecule has 0 heterocycles. The predicted octanol–water partition coefficient (Wildman–Crippen LogP) is 5.83. The van der Waals surface area contributed by atoms with E-state index in [1.807, 2.05) is 98.8 Å². The zero-order valence-corrected chi connectivity index (χ0v) is 20.7. The van der Waals surface area contributed by atoms with Crippen LogP contribution in [0.15, 0.2) is 84.9 Å². The Morgan fingerprint density at radius 2 is 1.47 bits per heavy atom. The highest BCUT2D eigenvalue weighted by Crippen LogP contribution is 2.21. The summed E-state index contributed by atoms with van der Waals surface area (Å²) in [6.45, 7) is 4.29. The van der Waals surface area contributed by atoms with Gasteiger partial charge in [0, 0.05) is 30.5 Å². The number of hydrogen-bond donors (Lipinski definition) is 1. The van der Waals surface area contributed by atoms with Crippen molar-refractivity contribution in [3.05, 3.63) is 107 Å². The third-order valence-electron chi connectivity index (χ3n) is 6.04. The van der Waals surface area contributed by atoms with Crippen LogP contribution in [0.5, 0.6) is 0 Å². The SMILES string of the molecule is CCC(C)NC(=O)C(Cc1ccccc1)N(Cc1ccccc1Cl)C(=O)CCc1ccccc1.